The first kappa shape index (κ1) is 14.8. The lowest BCUT2D eigenvalue weighted by Gasteiger charge is -2.45. The molecule has 1 aliphatic heterocycles. The molecule has 2 rings (SSSR count). The molecule has 0 aromatic rings. The Labute approximate surface area is 117 Å². The summed E-state index contributed by atoms with van der Waals surface area (Å²) in [6.07, 6.45) is 10.4. The lowest BCUT2D eigenvalue weighted by atomic mass is 9.68. The minimum atomic E-state index is -0.0482. The average Bonchev–Trinajstić information content (AvgIpc) is 2.40. The Kier molecular flexibility index (Phi) is 5.26. The van der Waals surface area contributed by atoms with Crippen LogP contribution in [0.1, 0.15) is 65.2 Å². The maximum absolute atomic E-state index is 11.5. The zero-order valence-electron chi connectivity index (χ0n) is 12.6. The first-order chi connectivity index (χ1) is 9.15. The molecule has 19 heavy (non-hydrogen) atoms. The molecule has 1 spiro atoms. The van der Waals surface area contributed by atoms with E-state index in [0.717, 1.165) is 0 Å². The zero-order valence-corrected chi connectivity index (χ0v) is 12.6. The van der Waals surface area contributed by atoms with Crippen molar-refractivity contribution in [2.24, 2.45) is 5.41 Å². The van der Waals surface area contributed by atoms with Gasteiger partial charge in [0.25, 0.3) is 0 Å². The molecule has 0 aromatic carbocycles. The van der Waals surface area contributed by atoms with Gasteiger partial charge in [-0.1, -0.05) is 19.3 Å². The molecule has 0 amide bonds. The second-order valence-electron chi connectivity index (χ2n) is 6.45. The number of carbonyl (C=O) groups is 1. The predicted octanol–water partition coefficient (Wildman–Crippen LogP) is 3.37. The van der Waals surface area contributed by atoms with E-state index in [2.05, 4.69) is 11.8 Å². The van der Waals surface area contributed by atoms with E-state index in [4.69, 9.17) is 4.74 Å². The van der Waals surface area contributed by atoms with Crippen LogP contribution >= 0.6 is 0 Å². The Hall–Kier alpha value is -0.570. The summed E-state index contributed by atoms with van der Waals surface area (Å²) in [7, 11) is 0. The molecular formula is C16H29NO2. The third kappa shape index (κ3) is 3.95. The van der Waals surface area contributed by atoms with Crippen LogP contribution in [0.4, 0.5) is 0 Å². The standard InChI is InChI=1S/C16H29NO2/c1-3-19-15(18)13-14(2)17-11-9-16(10-12-17)7-5-4-6-8-16/h14H,3-13H2,1-2H3. The summed E-state index contributed by atoms with van der Waals surface area (Å²) in [6, 6.07) is 0.333. The Balaban J connectivity index is 1.77. The van der Waals surface area contributed by atoms with Crippen molar-refractivity contribution in [1.82, 2.24) is 4.90 Å². The number of nitrogens with zero attached hydrogens (tertiary/aromatic N) is 1. The fourth-order valence-electron chi connectivity index (χ4n) is 3.83. The summed E-state index contributed by atoms with van der Waals surface area (Å²) in [4.78, 5) is 14.0. The van der Waals surface area contributed by atoms with Crippen LogP contribution in [0.15, 0.2) is 0 Å². The van der Waals surface area contributed by atoms with E-state index in [1.54, 1.807) is 0 Å². The van der Waals surface area contributed by atoms with E-state index >= 15 is 0 Å². The van der Waals surface area contributed by atoms with Gasteiger partial charge in [0.1, 0.15) is 0 Å². The van der Waals surface area contributed by atoms with E-state index in [9.17, 15) is 4.79 Å². The van der Waals surface area contributed by atoms with E-state index in [1.165, 1.54) is 58.0 Å². The molecule has 1 atom stereocenters. The molecule has 0 bridgehead atoms. The van der Waals surface area contributed by atoms with Gasteiger partial charge in [-0.05, 0) is 58.0 Å². The van der Waals surface area contributed by atoms with Crippen LogP contribution in [0.5, 0.6) is 0 Å². The monoisotopic (exact) mass is 267 g/mol. The number of hydrogen-bond donors (Lipinski definition) is 0. The number of rotatable bonds is 4. The summed E-state index contributed by atoms with van der Waals surface area (Å²) in [5.41, 5.74) is 0.651. The van der Waals surface area contributed by atoms with Gasteiger partial charge in [-0.15, -0.1) is 0 Å². The SMILES string of the molecule is CCOC(=O)CC(C)N1CCC2(CCCCC2)CC1. The second kappa shape index (κ2) is 6.74. The highest BCUT2D eigenvalue weighted by atomic mass is 16.5. The Morgan fingerprint density at radius 2 is 1.79 bits per heavy atom. The number of piperidine rings is 1. The fourth-order valence-corrected chi connectivity index (χ4v) is 3.83. The van der Waals surface area contributed by atoms with Gasteiger partial charge in [-0.2, -0.15) is 0 Å². The number of ether oxygens (including phenoxy) is 1. The van der Waals surface area contributed by atoms with Gasteiger partial charge in [-0.25, -0.2) is 0 Å². The maximum atomic E-state index is 11.5. The highest BCUT2D eigenvalue weighted by Gasteiger charge is 2.36. The molecule has 3 heteroatoms. The quantitative estimate of drug-likeness (QED) is 0.731. The lowest BCUT2D eigenvalue weighted by molar-refractivity contribution is -0.144. The first-order valence-corrected chi connectivity index (χ1v) is 8.05. The van der Waals surface area contributed by atoms with E-state index < -0.39 is 0 Å². The van der Waals surface area contributed by atoms with Crippen molar-refractivity contribution in [3.05, 3.63) is 0 Å². The molecule has 0 radical (unpaired) electrons. The summed E-state index contributed by atoms with van der Waals surface area (Å²) >= 11 is 0. The molecule has 2 fully saturated rings. The average molecular weight is 267 g/mol. The first-order valence-electron chi connectivity index (χ1n) is 8.05. The Morgan fingerprint density at radius 1 is 1.16 bits per heavy atom. The molecule has 0 aromatic heterocycles. The zero-order chi connectivity index (χ0) is 13.7. The maximum Gasteiger partial charge on any atom is 0.307 e. The van der Waals surface area contributed by atoms with Crippen LogP contribution in [0, 0.1) is 5.41 Å². The van der Waals surface area contributed by atoms with Crippen molar-refractivity contribution in [2.45, 2.75) is 71.3 Å². The van der Waals surface area contributed by atoms with Crippen LogP contribution in [0.25, 0.3) is 0 Å². The summed E-state index contributed by atoms with van der Waals surface area (Å²) in [6.45, 7) is 6.86. The molecule has 1 saturated heterocycles. The van der Waals surface area contributed by atoms with Crippen molar-refractivity contribution >= 4 is 5.97 Å². The molecule has 2 aliphatic rings. The minimum Gasteiger partial charge on any atom is -0.466 e. The van der Waals surface area contributed by atoms with Crippen molar-refractivity contribution in [3.8, 4) is 0 Å². The lowest BCUT2D eigenvalue weighted by Crippen LogP contribution is -2.45. The Bertz CT molecular complexity index is 287. The van der Waals surface area contributed by atoms with Crippen LogP contribution < -0.4 is 0 Å². The van der Waals surface area contributed by atoms with Crippen molar-refractivity contribution in [2.75, 3.05) is 19.7 Å². The van der Waals surface area contributed by atoms with Gasteiger partial charge in [-0.3, -0.25) is 4.79 Å². The third-order valence-electron chi connectivity index (χ3n) is 5.16. The molecule has 1 aliphatic carbocycles. The summed E-state index contributed by atoms with van der Waals surface area (Å²) in [5.74, 6) is -0.0482. The largest absolute Gasteiger partial charge is 0.466 e. The molecule has 110 valence electrons. The molecule has 1 saturated carbocycles. The van der Waals surface area contributed by atoms with Crippen LogP contribution in [0.2, 0.25) is 0 Å². The fraction of sp³-hybridized carbons (Fsp3) is 0.938. The van der Waals surface area contributed by atoms with E-state index in [-0.39, 0.29) is 5.97 Å². The number of likely N-dealkylation sites (tertiary alicyclic amines) is 1. The topological polar surface area (TPSA) is 29.5 Å². The van der Waals surface area contributed by atoms with Gasteiger partial charge in [0.15, 0.2) is 0 Å². The van der Waals surface area contributed by atoms with Gasteiger partial charge in [0.05, 0.1) is 13.0 Å². The van der Waals surface area contributed by atoms with Crippen LogP contribution in [-0.2, 0) is 9.53 Å². The number of esters is 1. The van der Waals surface area contributed by atoms with Gasteiger partial charge < -0.3 is 9.64 Å². The van der Waals surface area contributed by atoms with Gasteiger partial charge in [0.2, 0.25) is 0 Å². The molecule has 3 nitrogen and oxygen atoms in total. The van der Waals surface area contributed by atoms with Crippen molar-refractivity contribution in [3.63, 3.8) is 0 Å². The van der Waals surface area contributed by atoms with E-state index in [1.807, 2.05) is 6.92 Å². The highest BCUT2D eigenvalue weighted by molar-refractivity contribution is 5.70. The van der Waals surface area contributed by atoms with Crippen molar-refractivity contribution in [1.29, 1.82) is 0 Å². The molecule has 1 heterocycles. The van der Waals surface area contributed by atoms with Gasteiger partial charge >= 0.3 is 5.97 Å². The normalized spacial score (nSPS) is 25.2. The van der Waals surface area contributed by atoms with Crippen LogP contribution in [0.3, 0.4) is 0 Å². The highest BCUT2D eigenvalue weighted by Crippen LogP contribution is 2.44. The van der Waals surface area contributed by atoms with E-state index in [0.29, 0.717) is 24.5 Å². The smallest absolute Gasteiger partial charge is 0.307 e. The number of hydrogen-bond acceptors (Lipinski definition) is 3. The van der Waals surface area contributed by atoms with Crippen LogP contribution in [-0.4, -0.2) is 36.6 Å². The third-order valence-corrected chi connectivity index (χ3v) is 5.16. The summed E-state index contributed by atoms with van der Waals surface area (Å²) < 4.78 is 5.05. The minimum absolute atomic E-state index is 0.0482. The summed E-state index contributed by atoms with van der Waals surface area (Å²) in [5, 5.41) is 0. The second-order valence-corrected chi connectivity index (χ2v) is 6.45. The number of carbonyl (C=O) groups excluding carboxylic acids is 1. The Morgan fingerprint density at radius 3 is 2.37 bits per heavy atom. The predicted molar refractivity (Wildman–Crippen MR) is 77.0 cm³/mol. The molecule has 0 N–H and O–H groups in total. The molecule has 1 unspecified atom stereocenters. The van der Waals surface area contributed by atoms with Crippen molar-refractivity contribution < 1.29 is 9.53 Å². The van der Waals surface area contributed by atoms with Gasteiger partial charge in [0, 0.05) is 6.04 Å². The molecular weight excluding hydrogens is 238 g/mol.